The van der Waals surface area contributed by atoms with Crippen molar-refractivity contribution in [2.45, 2.75) is 6.54 Å². The van der Waals surface area contributed by atoms with E-state index in [0.717, 1.165) is 11.1 Å². The van der Waals surface area contributed by atoms with Crippen molar-refractivity contribution in [1.82, 2.24) is 15.3 Å². The van der Waals surface area contributed by atoms with Crippen molar-refractivity contribution in [2.75, 3.05) is 0 Å². The number of hydrogen-bond acceptors (Lipinski definition) is 4. The normalized spacial score (nSPS) is 10.2. The van der Waals surface area contributed by atoms with Gasteiger partial charge in [-0.25, -0.2) is 4.98 Å². The summed E-state index contributed by atoms with van der Waals surface area (Å²) in [6, 6.07) is 15.7. The zero-order chi connectivity index (χ0) is 17.6. The Labute approximate surface area is 144 Å². The molecule has 0 unspecified atom stereocenters. The third kappa shape index (κ3) is 4.06. The lowest BCUT2D eigenvalue weighted by atomic mass is 10.1. The van der Waals surface area contributed by atoms with Crippen molar-refractivity contribution in [1.29, 1.82) is 0 Å². The first-order chi connectivity index (χ1) is 12.1. The van der Waals surface area contributed by atoms with E-state index in [0.29, 0.717) is 23.5 Å². The maximum absolute atomic E-state index is 12.3. The van der Waals surface area contributed by atoms with Crippen LogP contribution in [0.2, 0.25) is 0 Å². The standard InChI is InChI=1S/C19H16N4O2/c20-18(24)15-8-6-14(7-9-15)16-4-1-5-17(23-16)19(25)22-12-13-3-2-10-21-11-13/h1-11H,12H2,(H2,20,24)(H,22,25). The van der Waals surface area contributed by atoms with Gasteiger partial charge in [-0.3, -0.25) is 14.6 Å². The van der Waals surface area contributed by atoms with E-state index < -0.39 is 5.91 Å². The van der Waals surface area contributed by atoms with Crippen LogP contribution in [0.1, 0.15) is 26.4 Å². The Morgan fingerprint density at radius 1 is 1.00 bits per heavy atom. The van der Waals surface area contributed by atoms with Gasteiger partial charge in [0.1, 0.15) is 5.69 Å². The maximum Gasteiger partial charge on any atom is 0.270 e. The lowest BCUT2D eigenvalue weighted by Crippen LogP contribution is -2.23. The van der Waals surface area contributed by atoms with Crippen LogP contribution in [0.3, 0.4) is 0 Å². The van der Waals surface area contributed by atoms with Gasteiger partial charge in [-0.1, -0.05) is 24.3 Å². The van der Waals surface area contributed by atoms with Crippen molar-refractivity contribution in [3.05, 3.63) is 83.8 Å². The number of nitrogens with zero attached hydrogens (tertiary/aromatic N) is 2. The Balaban J connectivity index is 1.74. The number of nitrogens with one attached hydrogen (secondary N) is 1. The first-order valence-corrected chi connectivity index (χ1v) is 7.68. The predicted molar refractivity (Wildman–Crippen MR) is 93.6 cm³/mol. The van der Waals surface area contributed by atoms with Gasteiger partial charge < -0.3 is 11.1 Å². The minimum Gasteiger partial charge on any atom is -0.366 e. The van der Waals surface area contributed by atoms with Crippen LogP contribution in [0.25, 0.3) is 11.3 Å². The molecule has 3 rings (SSSR count). The largest absolute Gasteiger partial charge is 0.366 e. The molecule has 0 aliphatic heterocycles. The molecule has 6 nitrogen and oxygen atoms in total. The molecule has 3 N–H and O–H groups in total. The quantitative estimate of drug-likeness (QED) is 0.748. The minimum absolute atomic E-state index is 0.264. The van der Waals surface area contributed by atoms with Gasteiger partial charge in [0, 0.05) is 30.1 Å². The van der Waals surface area contributed by atoms with Gasteiger partial charge in [0.25, 0.3) is 5.91 Å². The molecule has 0 fully saturated rings. The summed E-state index contributed by atoms with van der Waals surface area (Å²) in [6.45, 7) is 0.381. The molecule has 0 spiro atoms. The SMILES string of the molecule is NC(=O)c1ccc(-c2cccc(C(=O)NCc3cccnc3)n2)cc1. The lowest BCUT2D eigenvalue weighted by molar-refractivity contribution is 0.0945. The Hall–Kier alpha value is -3.54. The van der Waals surface area contributed by atoms with Crippen molar-refractivity contribution in [3.8, 4) is 11.3 Å². The molecular weight excluding hydrogens is 316 g/mol. The van der Waals surface area contributed by atoms with Crippen LogP contribution in [0.4, 0.5) is 0 Å². The molecule has 0 bridgehead atoms. The first-order valence-electron chi connectivity index (χ1n) is 7.68. The van der Waals surface area contributed by atoms with Gasteiger partial charge in [-0.05, 0) is 35.9 Å². The highest BCUT2D eigenvalue weighted by molar-refractivity contribution is 5.94. The van der Waals surface area contributed by atoms with Crippen molar-refractivity contribution in [2.24, 2.45) is 5.73 Å². The Morgan fingerprint density at radius 3 is 2.48 bits per heavy atom. The van der Waals surface area contributed by atoms with Gasteiger partial charge in [-0.15, -0.1) is 0 Å². The molecule has 6 heteroatoms. The van der Waals surface area contributed by atoms with Gasteiger partial charge in [0.15, 0.2) is 0 Å². The van der Waals surface area contributed by atoms with E-state index in [1.807, 2.05) is 12.1 Å². The van der Waals surface area contributed by atoms with Crippen LogP contribution in [-0.4, -0.2) is 21.8 Å². The highest BCUT2D eigenvalue weighted by atomic mass is 16.2. The lowest BCUT2D eigenvalue weighted by Gasteiger charge is -2.07. The number of carbonyl (C=O) groups excluding carboxylic acids is 2. The van der Waals surface area contributed by atoms with Crippen LogP contribution >= 0.6 is 0 Å². The molecule has 2 amide bonds. The molecule has 0 aliphatic rings. The number of rotatable bonds is 5. The second kappa shape index (κ2) is 7.35. The zero-order valence-electron chi connectivity index (χ0n) is 13.3. The van der Waals surface area contributed by atoms with Crippen molar-refractivity contribution >= 4 is 11.8 Å². The highest BCUT2D eigenvalue weighted by Crippen LogP contribution is 2.18. The van der Waals surface area contributed by atoms with Crippen molar-refractivity contribution in [3.63, 3.8) is 0 Å². The highest BCUT2D eigenvalue weighted by Gasteiger charge is 2.09. The Morgan fingerprint density at radius 2 is 1.80 bits per heavy atom. The summed E-state index contributed by atoms with van der Waals surface area (Å²) in [5.74, 6) is -0.748. The minimum atomic E-state index is -0.483. The van der Waals surface area contributed by atoms with Gasteiger partial charge in [-0.2, -0.15) is 0 Å². The summed E-state index contributed by atoms with van der Waals surface area (Å²) in [5.41, 5.74) is 8.33. The van der Waals surface area contributed by atoms with Crippen LogP contribution < -0.4 is 11.1 Å². The molecule has 0 saturated heterocycles. The molecule has 0 saturated carbocycles. The number of pyridine rings is 2. The fourth-order valence-electron chi connectivity index (χ4n) is 2.30. The number of aromatic nitrogens is 2. The average molecular weight is 332 g/mol. The first kappa shape index (κ1) is 16.3. The summed E-state index contributed by atoms with van der Waals surface area (Å²) in [6.07, 6.45) is 3.38. The number of nitrogens with two attached hydrogens (primary N) is 1. The van der Waals surface area contributed by atoms with Crippen molar-refractivity contribution < 1.29 is 9.59 Å². The summed E-state index contributed by atoms with van der Waals surface area (Å²) in [7, 11) is 0. The number of hydrogen-bond donors (Lipinski definition) is 2. The molecular formula is C19H16N4O2. The maximum atomic E-state index is 12.3. The summed E-state index contributed by atoms with van der Waals surface area (Å²) in [4.78, 5) is 31.8. The molecule has 2 aromatic heterocycles. The second-order valence-electron chi connectivity index (χ2n) is 5.39. The smallest absolute Gasteiger partial charge is 0.270 e. The molecule has 0 radical (unpaired) electrons. The molecule has 0 atom stereocenters. The summed E-state index contributed by atoms with van der Waals surface area (Å²) < 4.78 is 0. The van der Waals surface area contributed by atoms with E-state index in [-0.39, 0.29) is 5.91 Å². The fourth-order valence-corrected chi connectivity index (χ4v) is 2.30. The third-order valence-electron chi connectivity index (χ3n) is 3.62. The molecule has 2 heterocycles. The van der Waals surface area contributed by atoms with Gasteiger partial charge in [0.05, 0.1) is 5.69 Å². The molecule has 124 valence electrons. The summed E-state index contributed by atoms with van der Waals surface area (Å²) in [5, 5.41) is 2.82. The van der Waals surface area contributed by atoms with Crippen LogP contribution in [0.5, 0.6) is 0 Å². The van der Waals surface area contributed by atoms with E-state index >= 15 is 0 Å². The van der Waals surface area contributed by atoms with Gasteiger partial charge >= 0.3 is 0 Å². The Kier molecular flexibility index (Phi) is 4.80. The Bertz CT molecular complexity index is 893. The second-order valence-corrected chi connectivity index (χ2v) is 5.39. The van der Waals surface area contributed by atoms with E-state index in [4.69, 9.17) is 5.73 Å². The van der Waals surface area contributed by atoms with E-state index in [9.17, 15) is 9.59 Å². The number of benzene rings is 1. The van der Waals surface area contributed by atoms with E-state index in [2.05, 4.69) is 15.3 Å². The monoisotopic (exact) mass is 332 g/mol. The zero-order valence-corrected chi connectivity index (χ0v) is 13.3. The predicted octanol–water partition coefficient (Wildman–Crippen LogP) is 2.17. The van der Waals surface area contributed by atoms with Gasteiger partial charge in [0.2, 0.25) is 5.91 Å². The molecule has 0 aliphatic carbocycles. The third-order valence-corrected chi connectivity index (χ3v) is 3.62. The molecule has 25 heavy (non-hydrogen) atoms. The van der Waals surface area contributed by atoms with Crippen LogP contribution in [0, 0.1) is 0 Å². The number of primary amides is 1. The fraction of sp³-hybridized carbons (Fsp3) is 0.0526. The average Bonchev–Trinajstić information content (AvgIpc) is 2.67. The van der Waals surface area contributed by atoms with Crippen LogP contribution in [-0.2, 0) is 6.54 Å². The van der Waals surface area contributed by atoms with E-state index in [1.165, 1.54) is 0 Å². The summed E-state index contributed by atoms with van der Waals surface area (Å²) >= 11 is 0. The van der Waals surface area contributed by atoms with Crippen LogP contribution in [0.15, 0.2) is 67.0 Å². The topological polar surface area (TPSA) is 98.0 Å². The number of carbonyl (C=O) groups is 2. The molecule has 3 aromatic rings. The number of amides is 2. The van der Waals surface area contributed by atoms with E-state index in [1.54, 1.807) is 54.9 Å². The molecule has 1 aromatic carbocycles.